The zero-order valence-corrected chi connectivity index (χ0v) is 11.4. The van der Waals surface area contributed by atoms with Crippen molar-refractivity contribution in [1.29, 1.82) is 0 Å². The zero-order chi connectivity index (χ0) is 13.6. The van der Waals surface area contributed by atoms with Crippen molar-refractivity contribution in [2.24, 2.45) is 7.05 Å². The van der Waals surface area contributed by atoms with Gasteiger partial charge in [-0.15, -0.1) is 0 Å². The molecule has 2 aromatic rings. The van der Waals surface area contributed by atoms with E-state index in [0.29, 0.717) is 4.91 Å². The number of hydrogen-bond acceptors (Lipinski definition) is 3. The minimum absolute atomic E-state index is 0.225. The number of nitrogens with zero attached hydrogens (tertiary/aromatic N) is 2. The first-order valence-corrected chi connectivity index (χ1v) is 6.65. The molecule has 1 fully saturated rings. The number of para-hydroxylation sites is 1. The minimum Gasteiger partial charge on any atom is -0.350 e. The molecule has 1 aliphatic rings. The number of benzene rings is 1. The molecular formula is C14H12N2O2S. The normalized spacial score (nSPS) is 18.0. The molecule has 96 valence electrons. The second-order valence-electron chi connectivity index (χ2n) is 4.45. The van der Waals surface area contributed by atoms with Crippen LogP contribution < -0.4 is 0 Å². The van der Waals surface area contributed by atoms with Crippen LogP contribution in [0, 0.1) is 0 Å². The molecule has 1 aromatic carbocycles. The Labute approximate surface area is 114 Å². The maximum Gasteiger partial charge on any atom is 0.293 e. The van der Waals surface area contributed by atoms with E-state index in [2.05, 4.69) is 0 Å². The van der Waals surface area contributed by atoms with Gasteiger partial charge in [0, 0.05) is 36.8 Å². The third-order valence-corrected chi connectivity index (χ3v) is 4.16. The fourth-order valence-electron chi connectivity index (χ4n) is 2.17. The fourth-order valence-corrected chi connectivity index (χ4v) is 2.99. The van der Waals surface area contributed by atoms with Crippen molar-refractivity contribution in [3.63, 3.8) is 0 Å². The van der Waals surface area contributed by atoms with Gasteiger partial charge in [-0.25, -0.2) is 0 Å². The van der Waals surface area contributed by atoms with Crippen molar-refractivity contribution >= 4 is 39.9 Å². The first-order chi connectivity index (χ1) is 9.08. The molecule has 4 nitrogen and oxygen atoms in total. The topological polar surface area (TPSA) is 42.3 Å². The van der Waals surface area contributed by atoms with Crippen LogP contribution in [-0.2, 0) is 11.8 Å². The van der Waals surface area contributed by atoms with E-state index in [1.807, 2.05) is 42.1 Å². The molecule has 0 saturated carbocycles. The molecule has 5 heteroatoms. The number of imide groups is 1. The lowest BCUT2D eigenvalue weighted by molar-refractivity contribution is -0.121. The molecule has 0 spiro atoms. The summed E-state index contributed by atoms with van der Waals surface area (Å²) < 4.78 is 2.01. The Bertz CT molecular complexity index is 730. The van der Waals surface area contributed by atoms with Crippen molar-refractivity contribution in [3.8, 4) is 0 Å². The van der Waals surface area contributed by atoms with Crippen LogP contribution in [0.2, 0.25) is 0 Å². The van der Waals surface area contributed by atoms with E-state index in [1.54, 1.807) is 6.08 Å². The van der Waals surface area contributed by atoms with Crippen LogP contribution in [0.3, 0.4) is 0 Å². The van der Waals surface area contributed by atoms with Crippen molar-refractivity contribution in [1.82, 2.24) is 9.47 Å². The molecule has 19 heavy (non-hydrogen) atoms. The Morgan fingerprint density at radius 3 is 2.58 bits per heavy atom. The first-order valence-electron chi connectivity index (χ1n) is 5.83. The van der Waals surface area contributed by atoms with E-state index in [0.717, 1.165) is 33.1 Å². The van der Waals surface area contributed by atoms with Crippen LogP contribution in [-0.4, -0.2) is 27.7 Å². The lowest BCUT2D eigenvalue weighted by atomic mass is 10.1. The number of likely N-dealkylation sites (N-methyl/N-ethyl adjacent to an activating group) is 1. The average Bonchev–Trinajstić information content (AvgIpc) is 2.84. The molecule has 2 amide bonds. The Balaban J connectivity index is 2.12. The SMILES string of the molecule is CN1C(=O)S/C(=C\c2cn(C)c3ccccc23)C1=O. The highest BCUT2D eigenvalue weighted by Crippen LogP contribution is 2.32. The van der Waals surface area contributed by atoms with Gasteiger partial charge in [0.15, 0.2) is 0 Å². The van der Waals surface area contributed by atoms with E-state index in [9.17, 15) is 9.59 Å². The lowest BCUT2D eigenvalue weighted by Crippen LogP contribution is -2.22. The summed E-state index contributed by atoms with van der Waals surface area (Å²) in [5, 5.41) is 0.851. The second-order valence-corrected chi connectivity index (χ2v) is 5.45. The predicted molar refractivity (Wildman–Crippen MR) is 76.7 cm³/mol. The summed E-state index contributed by atoms with van der Waals surface area (Å²) in [6, 6.07) is 7.98. The highest BCUT2D eigenvalue weighted by atomic mass is 32.2. The number of carbonyl (C=O) groups is 2. The summed E-state index contributed by atoms with van der Waals surface area (Å²) in [5.74, 6) is -0.233. The van der Waals surface area contributed by atoms with E-state index in [-0.39, 0.29) is 11.1 Å². The Morgan fingerprint density at radius 2 is 1.89 bits per heavy atom. The summed E-state index contributed by atoms with van der Waals surface area (Å²) >= 11 is 0.984. The highest BCUT2D eigenvalue weighted by molar-refractivity contribution is 8.18. The van der Waals surface area contributed by atoms with Gasteiger partial charge in [0.2, 0.25) is 0 Å². The van der Waals surface area contributed by atoms with Crippen LogP contribution in [0.1, 0.15) is 5.56 Å². The number of aromatic nitrogens is 1. The van der Waals surface area contributed by atoms with Crippen molar-refractivity contribution < 1.29 is 9.59 Å². The van der Waals surface area contributed by atoms with Crippen molar-refractivity contribution in [2.75, 3.05) is 7.05 Å². The number of hydrogen-bond donors (Lipinski definition) is 0. The fraction of sp³-hybridized carbons (Fsp3) is 0.143. The van der Waals surface area contributed by atoms with Gasteiger partial charge in [0.05, 0.1) is 4.91 Å². The summed E-state index contributed by atoms with van der Waals surface area (Å²) in [5.41, 5.74) is 2.06. The van der Waals surface area contributed by atoms with Crippen LogP contribution in [0.15, 0.2) is 35.4 Å². The summed E-state index contributed by atoms with van der Waals surface area (Å²) in [7, 11) is 3.47. The largest absolute Gasteiger partial charge is 0.350 e. The van der Waals surface area contributed by atoms with E-state index in [1.165, 1.54) is 7.05 Å². The Morgan fingerprint density at radius 1 is 1.16 bits per heavy atom. The molecular weight excluding hydrogens is 260 g/mol. The Kier molecular flexibility index (Phi) is 2.71. The van der Waals surface area contributed by atoms with Crippen LogP contribution in [0.25, 0.3) is 17.0 Å². The van der Waals surface area contributed by atoms with Crippen LogP contribution >= 0.6 is 11.8 Å². The van der Waals surface area contributed by atoms with E-state index < -0.39 is 0 Å². The predicted octanol–water partition coefficient (Wildman–Crippen LogP) is 2.84. The standard InChI is InChI=1S/C14H12N2O2S/c1-15-8-9(10-5-3-4-6-11(10)15)7-12-13(17)16(2)14(18)19-12/h3-8H,1-2H3/b12-7-. The lowest BCUT2D eigenvalue weighted by Gasteiger charge is -2.00. The molecule has 0 radical (unpaired) electrons. The van der Waals surface area contributed by atoms with Gasteiger partial charge in [-0.05, 0) is 23.9 Å². The highest BCUT2D eigenvalue weighted by Gasteiger charge is 2.31. The maximum atomic E-state index is 11.9. The molecule has 0 N–H and O–H groups in total. The van der Waals surface area contributed by atoms with Gasteiger partial charge < -0.3 is 4.57 Å². The van der Waals surface area contributed by atoms with Gasteiger partial charge in [0.1, 0.15) is 0 Å². The van der Waals surface area contributed by atoms with Gasteiger partial charge in [-0.1, -0.05) is 18.2 Å². The molecule has 0 atom stereocenters. The van der Waals surface area contributed by atoms with Crippen LogP contribution in [0.4, 0.5) is 4.79 Å². The van der Waals surface area contributed by atoms with Gasteiger partial charge >= 0.3 is 0 Å². The number of carbonyl (C=O) groups excluding carboxylic acids is 2. The number of amides is 2. The minimum atomic E-state index is -0.233. The van der Waals surface area contributed by atoms with Gasteiger partial charge in [-0.2, -0.15) is 0 Å². The number of aryl methyl sites for hydroxylation is 1. The number of fused-ring (bicyclic) bond motifs is 1. The van der Waals surface area contributed by atoms with Gasteiger partial charge in [-0.3, -0.25) is 14.5 Å². The summed E-state index contributed by atoms with van der Waals surface area (Å²) in [6.07, 6.45) is 3.75. The van der Waals surface area contributed by atoms with E-state index >= 15 is 0 Å². The molecule has 0 unspecified atom stereocenters. The number of thioether (sulfide) groups is 1. The second kappa shape index (κ2) is 4.28. The molecule has 1 aromatic heterocycles. The summed E-state index contributed by atoms with van der Waals surface area (Å²) in [4.78, 5) is 25.0. The molecule has 1 aliphatic heterocycles. The third-order valence-electron chi connectivity index (χ3n) is 3.20. The Hall–Kier alpha value is -2.01. The van der Waals surface area contributed by atoms with E-state index in [4.69, 9.17) is 0 Å². The molecule has 1 saturated heterocycles. The smallest absolute Gasteiger partial charge is 0.293 e. The molecule has 0 bridgehead atoms. The molecule has 2 heterocycles. The van der Waals surface area contributed by atoms with Gasteiger partial charge in [0.25, 0.3) is 11.1 Å². The first kappa shape index (κ1) is 12.0. The zero-order valence-electron chi connectivity index (χ0n) is 10.6. The maximum absolute atomic E-state index is 11.9. The third kappa shape index (κ3) is 1.86. The molecule has 0 aliphatic carbocycles. The van der Waals surface area contributed by atoms with Crippen LogP contribution in [0.5, 0.6) is 0 Å². The van der Waals surface area contributed by atoms with Crippen molar-refractivity contribution in [3.05, 3.63) is 40.9 Å². The number of rotatable bonds is 1. The molecule has 3 rings (SSSR count). The summed E-state index contributed by atoms with van der Waals surface area (Å²) in [6.45, 7) is 0. The quantitative estimate of drug-likeness (QED) is 0.750. The van der Waals surface area contributed by atoms with Crippen molar-refractivity contribution in [2.45, 2.75) is 0 Å². The average molecular weight is 272 g/mol. The monoisotopic (exact) mass is 272 g/mol.